The monoisotopic (exact) mass is 358 g/mol. The summed E-state index contributed by atoms with van der Waals surface area (Å²) in [5.41, 5.74) is 1.83. The zero-order valence-corrected chi connectivity index (χ0v) is 14.8. The van der Waals surface area contributed by atoms with Crippen LogP contribution in [-0.2, 0) is 4.79 Å². The van der Waals surface area contributed by atoms with E-state index in [1.165, 1.54) is 6.07 Å². The molecule has 1 amide bonds. The second-order valence-corrected chi connectivity index (χ2v) is 7.42. The molecule has 5 heteroatoms. The summed E-state index contributed by atoms with van der Waals surface area (Å²) in [6.07, 6.45) is 2.48. The van der Waals surface area contributed by atoms with Crippen molar-refractivity contribution in [1.82, 2.24) is 10.2 Å². The highest BCUT2D eigenvalue weighted by Crippen LogP contribution is 2.41. The van der Waals surface area contributed by atoms with Crippen molar-refractivity contribution in [1.29, 1.82) is 0 Å². The minimum absolute atomic E-state index is 0.00896. The van der Waals surface area contributed by atoms with E-state index in [2.05, 4.69) is 5.32 Å². The van der Waals surface area contributed by atoms with E-state index in [9.17, 15) is 9.18 Å². The van der Waals surface area contributed by atoms with Crippen molar-refractivity contribution in [3.63, 3.8) is 0 Å². The molecule has 0 radical (unpaired) electrons. The van der Waals surface area contributed by atoms with Gasteiger partial charge in [0.25, 0.3) is 0 Å². The van der Waals surface area contributed by atoms with Gasteiger partial charge in [-0.3, -0.25) is 10.1 Å². The van der Waals surface area contributed by atoms with E-state index in [0.29, 0.717) is 10.6 Å². The van der Waals surface area contributed by atoms with Crippen molar-refractivity contribution >= 4 is 17.5 Å². The molecule has 1 spiro atoms. The summed E-state index contributed by atoms with van der Waals surface area (Å²) < 4.78 is 14.1. The third kappa shape index (κ3) is 2.74. The fourth-order valence-electron chi connectivity index (χ4n) is 4.07. The number of carbonyl (C=O) groups is 1. The van der Waals surface area contributed by atoms with Gasteiger partial charge in [-0.1, -0.05) is 35.9 Å². The maximum atomic E-state index is 14.1. The number of likely N-dealkylation sites (tertiary alicyclic amines) is 1. The summed E-state index contributed by atoms with van der Waals surface area (Å²) in [6.45, 7) is 0.779. The summed E-state index contributed by atoms with van der Waals surface area (Å²) in [7, 11) is 1.85. The van der Waals surface area contributed by atoms with Crippen LogP contribution in [0.25, 0.3) is 11.1 Å². The minimum Gasteiger partial charge on any atom is -0.344 e. The Morgan fingerprint density at radius 3 is 2.76 bits per heavy atom. The van der Waals surface area contributed by atoms with Crippen LogP contribution < -0.4 is 5.32 Å². The number of nitrogens with one attached hydrogen (secondary N) is 1. The van der Waals surface area contributed by atoms with Crippen LogP contribution in [0.15, 0.2) is 42.5 Å². The largest absolute Gasteiger partial charge is 0.344 e. The molecule has 0 bridgehead atoms. The molecule has 0 aromatic heterocycles. The lowest BCUT2D eigenvalue weighted by atomic mass is 9.95. The molecule has 2 aromatic rings. The summed E-state index contributed by atoms with van der Waals surface area (Å²) >= 11 is 6.43. The SMILES string of the molecule is CN1CC[C@@]2(CC[C@@H](c3cc(-c4ccccc4F)ccc3Cl)N2)C1=O. The van der Waals surface area contributed by atoms with Crippen molar-refractivity contribution in [3.8, 4) is 11.1 Å². The Bertz CT molecular complexity index is 840. The van der Waals surface area contributed by atoms with Crippen LogP contribution in [-0.4, -0.2) is 29.9 Å². The van der Waals surface area contributed by atoms with E-state index in [1.54, 1.807) is 17.0 Å². The molecule has 2 aliphatic rings. The highest BCUT2D eigenvalue weighted by molar-refractivity contribution is 6.31. The van der Waals surface area contributed by atoms with Crippen LogP contribution >= 0.6 is 11.6 Å². The van der Waals surface area contributed by atoms with Crippen molar-refractivity contribution < 1.29 is 9.18 Å². The highest BCUT2D eigenvalue weighted by atomic mass is 35.5. The lowest BCUT2D eigenvalue weighted by molar-refractivity contribution is -0.131. The standard InChI is InChI=1S/C20H20ClFN2O/c1-24-11-10-20(19(24)25)9-8-18(23-20)15-12-13(6-7-16(15)21)14-4-2-3-5-17(14)22/h2-7,12,18,23H,8-11H2,1H3/t18-,20-/m0/s1. The number of hydrogen-bond acceptors (Lipinski definition) is 2. The Morgan fingerprint density at radius 1 is 1.24 bits per heavy atom. The molecule has 1 N–H and O–H groups in total. The van der Waals surface area contributed by atoms with E-state index in [4.69, 9.17) is 11.6 Å². The smallest absolute Gasteiger partial charge is 0.242 e. The van der Waals surface area contributed by atoms with E-state index in [0.717, 1.165) is 36.9 Å². The van der Waals surface area contributed by atoms with Crippen LogP contribution in [0.5, 0.6) is 0 Å². The molecule has 2 aliphatic heterocycles. The van der Waals surface area contributed by atoms with Gasteiger partial charge in [0, 0.05) is 30.2 Å². The predicted octanol–water partition coefficient (Wildman–Crippen LogP) is 4.17. The number of hydrogen-bond donors (Lipinski definition) is 1. The first-order valence-electron chi connectivity index (χ1n) is 8.58. The fraction of sp³-hybridized carbons (Fsp3) is 0.350. The molecule has 0 unspecified atom stereocenters. The zero-order chi connectivity index (χ0) is 17.6. The molecular formula is C20H20ClFN2O. The van der Waals surface area contributed by atoms with Crippen LogP contribution in [0, 0.1) is 5.82 Å². The number of halogens is 2. The number of carbonyl (C=O) groups excluding carboxylic acids is 1. The topological polar surface area (TPSA) is 32.3 Å². The third-order valence-electron chi connectivity index (χ3n) is 5.50. The van der Waals surface area contributed by atoms with E-state index >= 15 is 0 Å². The Balaban J connectivity index is 1.67. The molecule has 0 aliphatic carbocycles. The maximum Gasteiger partial charge on any atom is 0.242 e. The van der Waals surface area contributed by atoms with Crippen molar-refractivity contribution in [3.05, 3.63) is 58.9 Å². The van der Waals surface area contributed by atoms with E-state index < -0.39 is 5.54 Å². The van der Waals surface area contributed by atoms with Gasteiger partial charge in [-0.25, -0.2) is 4.39 Å². The summed E-state index contributed by atoms with van der Waals surface area (Å²) in [4.78, 5) is 14.3. The Morgan fingerprint density at radius 2 is 2.04 bits per heavy atom. The highest BCUT2D eigenvalue weighted by Gasteiger charge is 2.50. The lowest BCUT2D eigenvalue weighted by Crippen LogP contribution is -2.47. The normalized spacial score (nSPS) is 26.0. The molecule has 2 aromatic carbocycles. The lowest BCUT2D eigenvalue weighted by Gasteiger charge is -2.24. The van der Waals surface area contributed by atoms with Gasteiger partial charge in [-0.15, -0.1) is 0 Å². The summed E-state index contributed by atoms with van der Waals surface area (Å²) in [5.74, 6) is -0.0874. The number of rotatable bonds is 2. The molecule has 2 atom stereocenters. The van der Waals surface area contributed by atoms with Gasteiger partial charge in [0.2, 0.25) is 5.91 Å². The second-order valence-electron chi connectivity index (χ2n) is 7.01. The fourth-order valence-corrected chi connectivity index (χ4v) is 4.32. The van der Waals surface area contributed by atoms with Gasteiger partial charge < -0.3 is 4.90 Å². The van der Waals surface area contributed by atoms with E-state index in [1.807, 2.05) is 31.3 Å². The summed E-state index contributed by atoms with van der Waals surface area (Å²) in [5, 5.41) is 4.17. The molecule has 0 saturated carbocycles. The third-order valence-corrected chi connectivity index (χ3v) is 5.84. The van der Waals surface area contributed by atoms with Crippen LogP contribution in [0.3, 0.4) is 0 Å². The molecule has 2 fully saturated rings. The molecule has 4 rings (SSSR count). The number of likely N-dealkylation sites (N-methyl/N-ethyl adjacent to an activating group) is 1. The number of amides is 1. The van der Waals surface area contributed by atoms with Gasteiger partial charge in [0.1, 0.15) is 11.4 Å². The molecule has 25 heavy (non-hydrogen) atoms. The van der Waals surface area contributed by atoms with Crippen LogP contribution in [0.1, 0.15) is 30.9 Å². The molecule has 2 saturated heterocycles. The maximum absolute atomic E-state index is 14.1. The van der Waals surface area contributed by atoms with Gasteiger partial charge in [0.15, 0.2) is 0 Å². The van der Waals surface area contributed by atoms with Crippen molar-refractivity contribution in [2.24, 2.45) is 0 Å². The minimum atomic E-state index is -0.462. The van der Waals surface area contributed by atoms with Gasteiger partial charge in [0.05, 0.1) is 0 Å². The Labute approximate surface area is 151 Å². The quantitative estimate of drug-likeness (QED) is 0.873. The number of nitrogens with zero attached hydrogens (tertiary/aromatic N) is 1. The molecular weight excluding hydrogens is 339 g/mol. The average Bonchev–Trinajstić information content (AvgIpc) is 3.16. The van der Waals surface area contributed by atoms with Gasteiger partial charge >= 0.3 is 0 Å². The van der Waals surface area contributed by atoms with Crippen molar-refractivity contribution in [2.75, 3.05) is 13.6 Å². The second kappa shape index (κ2) is 6.11. The van der Waals surface area contributed by atoms with Gasteiger partial charge in [-0.05, 0) is 48.6 Å². The molecule has 2 heterocycles. The predicted molar refractivity (Wildman–Crippen MR) is 96.9 cm³/mol. The van der Waals surface area contributed by atoms with Crippen molar-refractivity contribution in [2.45, 2.75) is 30.8 Å². The van der Waals surface area contributed by atoms with E-state index in [-0.39, 0.29) is 17.8 Å². The van der Waals surface area contributed by atoms with Crippen LogP contribution in [0.4, 0.5) is 4.39 Å². The first-order valence-corrected chi connectivity index (χ1v) is 8.96. The molecule has 3 nitrogen and oxygen atoms in total. The summed E-state index contributed by atoms with van der Waals surface area (Å²) in [6, 6.07) is 12.3. The number of benzene rings is 2. The first kappa shape index (κ1) is 16.6. The Kier molecular flexibility index (Phi) is 4.05. The Hall–Kier alpha value is -1.91. The zero-order valence-electron chi connectivity index (χ0n) is 14.1. The van der Waals surface area contributed by atoms with Crippen LogP contribution in [0.2, 0.25) is 5.02 Å². The first-order chi connectivity index (χ1) is 12.0. The van der Waals surface area contributed by atoms with Gasteiger partial charge in [-0.2, -0.15) is 0 Å². The molecule has 130 valence electrons. The average molecular weight is 359 g/mol.